The van der Waals surface area contributed by atoms with E-state index in [4.69, 9.17) is 0 Å². The molecule has 0 aliphatic carbocycles. The van der Waals surface area contributed by atoms with E-state index in [2.05, 4.69) is 29.3 Å². The van der Waals surface area contributed by atoms with E-state index in [-0.39, 0.29) is 23.9 Å². The lowest BCUT2D eigenvalue weighted by molar-refractivity contribution is -0.153. The average Bonchev–Trinajstić information content (AvgIpc) is 2.88. The quantitative estimate of drug-likeness (QED) is 0.905. The number of rotatable bonds is 3. The molecule has 3 rings (SSSR count). The summed E-state index contributed by atoms with van der Waals surface area (Å²) >= 11 is 1.79. The molecule has 0 radical (unpaired) electrons. The Bertz CT molecular complexity index is 557. The monoisotopic (exact) mass is 307 g/mol. The average molecular weight is 307 g/mol. The maximum Gasteiger partial charge on any atom is 0.245 e. The van der Waals surface area contributed by atoms with Gasteiger partial charge in [0.1, 0.15) is 12.1 Å². The highest BCUT2D eigenvalue weighted by Crippen LogP contribution is 2.21. The number of hydrogen-bond donors (Lipinski definition) is 1. The molecule has 2 atom stereocenters. The summed E-state index contributed by atoms with van der Waals surface area (Å²) in [6, 6.07) is 3.61. The van der Waals surface area contributed by atoms with Crippen LogP contribution in [0.5, 0.6) is 0 Å². The van der Waals surface area contributed by atoms with Crippen LogP contribution in [0.4, 0.5) is 0 Å². The first-order chi connectivity index (χ1) is 10.1. The maximum absolute atomic E-state index is 12.3. The Morgan fingerprint density at radius 3 is 2.81 bits per heavy atom. The van der Waals surface area contributed by atoms with Crippen molar-refractivity contribution in [3.05, 3.63) is 21.9 Å². The van der Waals surface area contributed by atoms with Gasteiger partial charge in [-0.15, -0.1) is 11.3 Å². The predicted octanol–water partition coefficient (Wildman–Crippen LogP) is 0.978. The highest BCUT2D eigenvalue weighted by molar-refractivity contribution is 7.11. The molecular weight excluding hydrogens is 286 g/mol. The van der Waals surface area contributed by atoms with Crippen molar-refractivity contribution in [2.24, 2.45) is 0 Å². The van der Waals surface area contributed by atoms with Crippen LogP contribution >= 0.6 is 11.3 Å². The van der Waals surface area contributed by atoms with Gasteiger partial charge in [0.15, 0.2) is 0 Å². The maximum atomic E-state index is 12.3. The van der Waals surface area contributed by atoms with Crippen LogP contribution in [0, 0.1) is 6.92 Å². The minimum atomic E-state index is -0.333. The molecule has 1 aromatic rings. The second-order valence-electron chi connectivity index (χ2n) is 5.76. The molecule has 2 fully saturated rings. The molecule has 6 heteroatoms. The Hall–Kier alpha value is -1.40. The lowest BCUT2D eigenvalue weighted by Crippen LogP contribution is -2.68. The summed E-state index contributed by atoms with van der Waals surface area (Å²) in [7, 11) is 0. The van der Waals surface area contributed by atoms with Crippen LogP contribution in [0.2, 0.25) is 0 Å². The van der Waals surface area contributed by atoms with Gasteiger partial charge in [0.05, 0.1) is 0 Å². The number of aryl methyl sites for hydroxylation is 1. The number of carbonyl (C=O) groups is 2. The zero-order chi connectivity index (χ0) is 15.0. The molecule has 2 aliphatic heterocycles. The Balaban J connectivity index is 1.67. The third kappa shape index (κ3) is 2.82. The van der Waals surface area contributed by atoms with Crippen molar-refractivity contribution in [2.75, 3.05) is 19.6 Å². The fraction of sp³-hybridized carbons (Fsp3) is 0.600. The molecule has 0 bridgehead atoms. The zero-order valence-electron chi connectivity index (χ0n) is 12.5. The van der Waals surface area contributed by atoms with Gasteiger partial charge in [-0.05, 0) is 25.5 Å². The van der Waals surface area contributed by atoms with Gasteiger partial charge >= 0.3 is 0 Å². The van der Waals surface area contributed by atoms with E-state index in [1.807, 2.05) is 6.92 Å². The molecule has 21 heavy (non-hydrogen) atoms. The molecule has 0 aromatic carbocycles. The standard InChI is InChI=1S/C15H21N3O2S/c1-3-12-15(20)18-7-6-17(9-13(18)14(19)16-12)8-11-5-4-10(2)21-11/h4-5,12-13H,3,6-9H2,1-2H3,(H,16,19)/t12-,13+/m0/s1. The van der Waals surface area contributed by atoms with Crippen LogP contribution in [-0.4, -0.2) is 53.3 Å². The number of carbonyl (C=O) groups excluding carboxylic acids is 2. The molecule has 2 amide bonds. The molecule has 1 aromatic heterocycles. The van der Waals surface area contributed by atoms with Crippen LogP contribution in [0.1, 0.15) is 23.1 Å². The third-order valence-electron chi connectivity index (χ3n) is 4.25. The van der Waals surface area contributed by atoms with Gasteiger partial charge in [-0.1, -0.05) is 6.92 Å². The number of amides is 2. The van der Waals surface area contributed by atoms with Gasteiger partial charge in [-0.25, -0.2) is 0 Å². The lowest BCUT2D eigenvalue weighted by Gasteiger charge is -2.45. The number of nitrogens with zero attached hydrogens (tertiary/aromatic N) is 2. The number of thiophene rings is 1. The summed E-state index contributed by atoms with van der Waals surface area (Å²) in [6.07, 6.45) is 0.659. The summed E-state index contributed by atoms with van der Waals surface area (Å²) in [5.74, 6) is 0.0715. The first-order valence-electron chi connectivity index (χ1n) is 7.47. The van der Waals surface area contributed by atoms with Crippen molar-refractivity contribution in [3.63, 3.8) is 0 Å². The normalized spacial score (nSPS) is 26.7. The van der Waals surface area contributed by atoms with E-state index in [1.54, 1.807) is 16.2 Å². The Morgan fingerprint density at radius 1 is 1.33 bits per heavy atom. The molecule has 5 nitrogen and oxygen atoms in total. The van der Waals surface area contributed by atoms with Crippen molar-refractivity contribution in [1.29, 1.82) is 0 Å². The zero-order valence-corrected chi connectivity index (χ0v) is 13.3. The highest BCUT2D eigenvalue weighted by Gasteiger charge is 2.42. The number of hydrogen-bond acceptors (Lipinski definition) is 4. The largest absolute Gasteiger partial charge is 0.342 e. The first kappa shape index (κ1) is 14.5. The van der Waals surface area contributed by atoms with Gasteiger partial charge in [-0.3, -0.25) is 14.5 Å². The van der Waals surface area contributed by atoms with E-state index < -0.39 is 0 Å². The SMILES string of the molecule is CC[C@@H]1NC(=O)[C@H]2CN(Cc3ccc(C)s3)CCN2C1=O. The van der Waals surface area contributed by atoms with Crippen LogP contribution in [0.25, 0.3) is 0 Å². The predicted molar refractivity (Wildman–Crippen MR) is 82.1 cm³/mol. The topological polar surface area (TPSA) is 52.7 Å². The number of fused-ring (bicyclic) bond motifs is 1. The van der Waals surface area contributed by atoms with Crippen LogP contribution in [0.15, 0.2) is 12.1 Å². The second kappa shape index (κ2) is 5.77. The second-order valence-corrected chi connectivity index (χ2v) is 7.14. The van der Waals surface area contributed by atoms with Gasteiger partial charge in [0.2, 0.25) is 11.8 Å². The van der Waals surface area contributed by atoms with Gasteiger partial charge in [0, 0.05) is 35.9 Å². The smallest absolute Gasteiger partial charge is 0.245 e. The van der Waals surface area contributed by atoms with Crippen molar-refractivity contribution in [3.8, 4) is 0 Å². The first-order valence-corrected chi connectivity index (χ1v) is 8.28. The van der Waals surface area contributed by atoms with Crippen molar-refractivity contribution < 1.29 is 9.59 Å². The van der Waals surface area contributed by atoms with Crippen molar-refractivity contribution >= 4 is 23.2 Å². The van der Waals surface area contributed by atoms with E-state index >= 15 is 0 Å². The summed E-state index contributed by atoms with van der Waals surface area (Å²) in [5, 5.41) is 2.85. The Morgan fingerprint density at radius 2 is 2.14 bits per heavy atom. The molecule has 114 valence electrons. The van der Waals surface area contributed by atoms with Gasteiger partial charge < -0.3 is 10.2 Å². The fourth-order valence-corrected chi connectivity index (χ4v) is 4.00. The number of nitrogens with one attached hydrogen (secondary N) is 1. The van der Waals surface area contributed by atoms with Crippen LogP contribution in [0.3, 0.4) is 0 Å². The van der Waals surface area contributed by atoms with Crippen molar-refractivity contribution in [1.82, 2.24) is 15.1 Å². The lowest BCUT2D eigenvalue weighted by atomic mass is 10.0. The molecule has 3 heterocycles. The van der Waals surface area contributed by atoms with Crippen molar-refractivity contribution in [2.45, 2.75) is 38.9 Å². The molecule has 0 spiro atoms. The van der Waals surface area contributed by atoms with Gasteiger partial charge in [0.25, 0.3) is 0 Å². The summed E-state index contributed by atoms with van der Waals surface area (Å²) in [4.78, 5) is 31.2. The summed E-state index contributed by atoms with van der Waals surface area (Å²) < 4.78 is 0. The fourth-order valence-electron chi connectivity index (χ4n) is 3.07. The summed E-state index contributed by atoms with van der Waals surface area (Å²) in [5.41, 5.74) is 0. The van der Waals surface area contributed by atoms with Crippen LogP contribution in [-0.2, 0) is 16.1 Å². The third-order valence-corrected chi connectivity index (χ3v) is 5.23. The van der Waals surface area contributed by atoms with E-state index in [0.29, 0.717) is 19.5 Å². The molecule has 2 aliphatic rings. The highest BCUT2D eigenvalue weighted by atomic mass is 32.1. The van der Waals surface area contributed by atoms with E-state index in [1.165, 1.54) is 9.75 Å². The molecule has 2 saturated heterocycles. The molecule has 0 saturated carbocycles. The minimum absolute atomic E-state index is 0.00601. The summed E-state index contributed by atoms with van der Waals surface area (Å²) in [6.45, 7) is 7.01. The molecule has 0 unspecified atom stereocenters. The molecular formula is C15H21N3O2S. The molecule has 1 N–H and O–H groups in total. The Kier molecular flexibility index (Phi) is 3.99. The van der Waals surface area contributed by atoms with E-state index in [9.17, 15) is 9.59 Å². The van der Waals surface area contributed by atoms with Gasteiger partial charge in [-0.2, -0.15) is 0 Å². The van der Waals surface area contributed by atoms with Crippen LogP contribution < -0.4 is 5.32 Å². The Labute approximate surface area is 128 Å². The minimum Gasteiger partial charge on any atom is -0.342 e. The van der Waals surface area contributed by atoms with E-state index in [0.717, 1.165) is 13.1 Å². The number of piperazine rings is 2.